The van der Waals surface area contributed by atoms with Gasteiger partial charge in [0, 0.05) is 29.5 Å². The Morgan fingerprint density at radius 2 is 1.72 bits per heavy atom. The lowest BCUT2D eigenvalue weighted by Crippen LogP contribution is -2.30. The van der Waals surface area contributed by atoms with Crippen LogP contribution in [-0.2, 0) is 11.2 Å². The molecular formula is C28H30N4O4. The Labute approximate surface area is 209 Å². The maximum Gasteiger partial charge on any atom is 0.168 e. The first-order chi connectivity index (χ1) is 17.3. The monoisotopic (exact) mass is 486 g/mol. The molecule has 2 aromatic heterocycles. The van der Waals surface area contributed by atoms with E-state index in [0.717, 1.165) is 27.8 Å². The SMILES string of the molecule is C[C@H]1O[C@@H](n2cc(-c3ccccc3)c3c(Nc4ccccc4CCO)ncnc32)[C@@]2(O)C(C)(C)[C@@]12O. The molecule has 3 heterocycles. The van der Waals surface area contributed by atoms with Crippen LogP contribution in [0.15, 0.2) is 67.1 Å². The predicted octanol–water partition coefficient (Wildman–Crippen LogP) is 3.80. The third-order valence-electron chi connectivity index (χ3n) is 8.30. The van der Waals surface area contributed by atoms with E-state index in [9.17, 15) is 15.3 Å². The highest BCUT2D eigenvalue weighted by molar-refractivity contribution is 6.02. The maximum atomic E-state index is 11.7. The molecule has 6 rings (SSSR count). The molecule has 0 spiro atoms. The zero-order chi connectivity index (χ0) is 25.3. The van der Waals surface area contributed by atoms with E-state index < -0.39 is 28.9 Å². The minimum atomic E-state index is -1.47. The molecule has 8 heteroatoms. The van der Waals surface area contributed by atoms with Gasteiger partial charge in [-0.1, -0.05) is 62.4 Å². The number of benzene rings is 2. The van der Waals surface area contributed by atoms with Gasteiger partial charge >= 0.3 is 0 Å². The van der Waals surface area contributed by atoms with Gasteiger partial charge in [0.2, 0.25) is 0 Å². The van der Waals surface area contributed by atoms with Crippen LogP contribution in [0.3, 0.4) is 0 Å². The number of hydrogen-bond acceptors (Lipinski definition) is 7. The van der Waals surface area contributed by atoms with Crippen LogP contribution in [0.5, 0.6) is 0 Å². The Kier molecular flexibility index (Phi) is 5.04. The molecule has 2 fully saturated rings. The van der Waals surface area contributed by atoms with Crippen molar-refractivity contribution in [3.63, 3.8) is 0 Å². The molecule has 4 atom stereocenters. The summed E-state index contributed by atoms with van der Waals surface area (Å²) in [5.41, 5.74) is 0.678. The van der Waals surface area contributed by atoms with Crippen molar-refractivity contribution in [2.24, 2.45) is 5.41 Å². The lowest BCUT2D eigenvalue weighted by Gasteiger charge is -2.26. The van der Waals surface area contributed by atoms with Gasteiger partial charge in [-0.2, -0.15) is 0 Å². The van der Waals surface area contributed by atoms with E-state index in [4.69, 9.17) is 4.74 Å². The number of aromatic nitrogens is 3. The summed E-state index contributed by atoms with van der Waals surface area (Å²) in [4.78, 5) is 9.19. The van der Waals surface area contributed by atoms with Crippen LogP contribution in [0.2, 0.25) is 0 Å². The van der Waals surface area contributed by atoms with Crippen molar-refractivity contribution in [2.75, 3.05) is 11.9 Å². The van der Waals surface area contributed by atoms with Crippen LogP contribution in [0, 0.1) is 5.41 Å². The van der Waals surface area contributed by atoms with Gasteiger partial charge in [0.15, 0.2) is 6.23 Å². The molecule has 1 saturated heterocycles. The fraction of sp³-hybridized carbons (Fsp3) is 0.357. The van der Waals surface area contributed by atoms with Crippen molar-refractivity contribution >= 4 is 22.5 Å². The Bertz CT molecular complexity index is 1450. The van der Waals surface area contributed by atoms with Crippen LogP contribution in [0.25, 0.3) is 22.2 Å². The average Bonchev–Trinajstić information content (AvgIpc) is 3.17. The first kappa shape index (κ1) is 23.1. The van der Waals surface area contributed by atoms with E-state index >= 15 is 0 Å². The molecule has 0 unspecified atom stereocenters. The molecule has 4 N–H and O–H groups in total. The van der Waals surface area contributed by atoms with Crippen LogP contribution < -0.4 is 5.32 Å². The van der Waals surface area contributed by atoms with Crippen LogP contribution in [0.1, 0.15) is 32.6 Å². The molecule has 186 valence electrons. The Balaban J connectivity index is 1.55. The topological polar surface area (TPSA) is 113 Å². The van der Waals surface area contributed by atoms with Gasteiger partial charge in [-0.25, -0.2) is 9.97 Å². The lowest BCUT2D eigenvalue weighted by molar-refractivity contribution is -0.105. The van der Waals surface area contributed by atoms with Gasteiger partial charge in [0.25, 0.3) is 0 Å². The van der Waals surface area contributed by atoms with Gasteiger partial charge in [0.05, 0.1) is 11.5 Å². The molecule has 0 amide bonds. The molecule has 1 aliphatic heterocycles. The van der Waals surface area contributed by atoms with Crippen molar-refractivity contribution in [3.8, 4) is 11.1 Å². The second-order valence-electron chi connectivity index (χ2n) is 10.3. The Hall–Kier alpha value is -3.30. The minimum absolute atomic E-state index is 0.0397. The van der Waals surface area contributed by atoms with E-state index in [2.05, 4.69) is 15.3 Å². The minimum Gasteiger partial charge on any atom is -0.396 e. The number of para-hydroxylation sites is 1. The summed E-state index contributed by atoms with van der Waals surface area (Å²) < 4.78 is 8.00. The van der Waals surface area contributed by atoms with E-state index in [1.807, 2.05) is 79.2 Å². The van der Waals surface area contributed by atoms with Gasteiger partial charge in [-0.3, -0.25) is 0 Å². The molecule has 1 aliphatic carbocycles. The smallest absolute Gasteiger partial charge is 0.168 e. The van der Waals surface area contributed by atoms with E-state index in [1.54, 1.807) is 6.92 Å². The van der Waals surface area contributed by atoms with Crippen molar-refractivity contribution in [3.05, 3.63) is 72.7 Å². The van der Waals surface area contributed by atoms with E-state index in [1.165, 1.54) is 6.33 Å². The molecule has 0 bridgehead atoms. The fourth-order valence-corrected chi connectivity index (χ4v) is 6.17. The molecular weight excluding hydrogens is 456 g/mol. The number of ether oxygens (including phenoxy) is 1. The maximum absolute atomic E-state index is 11.7. The van der Waals surface area contributed by atoms with E-state index in [-0.39, 0.29) is 6.61 Å². The highest BCUT2D eigenvalue weighted by atomic mass is 16.6. The van der Waals surface area contributed by atoms with Crippen LogP contribution >= 0.6 is 0 Å². The molecule has 1 saturated carbocycles. The number of nitrogens with zero attached hydrogens (tertiary/aromatic N) is 3. The van der Waals surface area contributed by atoms with Crippen molar-refractivity contribution in [2.45, 2.75) is 50.7 Å². The predicted molar refractivity (Wildman–Crippen MR) is 137 cm³/mol. The van der Waals surface area contributed by atoms with Crippen molar-refractivity contribution in [1.29, 1.82) is 0 Å². The molecule has 0 radical (unpaired) electrons. The Morgan fingerprint density at radius 3 is 2.42 bits per heavy atom. The Morgan fingerprint density at radius 1 is 1.00 bits per heavy atom. The quantitative estimate of drug-likeness (QED) is 0.328. The van der Waals surface area contributed by atoms with Crippen LogP contribution in [0.4, 0.5) is 11.5 Å². The normalized spacial score (nSPS) is 28.3. The zero-order valence-corrected chi connectivity index (χ0v) is 20.5. The van der Waals surface area contributed by atoms with Crippen molar-refractivity contribution in [1.82, 2.24) is 14.5 Å². The number of rotatable bonds is 6. The summed E-state index contributed by atoms with van der Waals surface area (Å²) in [7, 11) is 0. The van der Waals surface area contributed by atoms with Crippen molar-refractivity contribution < 1.29 is 20.1 Å². The van der Waals surface area contributed by atoms with Gasteiger partial charge < -0.3 is 29.9 Å². The van der Waals surface area contributed by atoms with Gasteiger partial charge in [-0.05, 0) is 30.5 Å². The second-order valence-corrected chi connectivity index (χ2v) is 10.3. The number of aliphatic hydroxyl groups excluding tert-OH is 1. The molecule has 2 aliphatic rings. The third kappa shape index (κ3) is 2.84. The number of nitrogens with one attached hydrogen (secondary N) is 1. The largest absolute Gasteiger partial charge is 0.396 e. The van der Waals surface area contributed by atoms with Gasteiger partial charge in [-0.15, -0.1) is 0 Å². The number of fused-ring (bicyclic) bond motifs is 2. The third-order valence-corrected chi connectivity index (χ3v) is 8.30. The summed E-state index contributed by atoms with van der Waals surface area (Å²) in [5, 5.41) is 36.8. The average molecular weight is 487 g/mol. The summed E-state index contributed by atoms with van der Waals surface area (Å²) in [6.45, 7) is 5.56. The fourth-order valence-electron chi connectivity index (χ4n) is 6.17. The first-order valence-electron chi connectivity index (χ1n) is 12.2. The molecule has 36 heavy (non-hydrogen) atoms. The number of aliphatic hydroxyl groups is 3. The number of anilines is 2. The highest BCUT2D eigenvalue weighted by Gasteiger charge is 2.92. The standard InChI is InChI=1S/C28H30N4O4/c1-17-27(34)26(2,3)28(27,35)25(36-17)32-15-20(18-9-5-4-6-10-18)22-23(29-16-30-24(22)32)31-21-12-8-7-11-19(21)13-14-33/h4-12,15-17,25,33-35H,13-14H2,1-3H3,(H,29,30,31)/t17-,25-,27+,28-/m1/s1. The van der Waals surface area contributed by atoms with Crippen LogP contribution in [-0.4, -0.2) is 53.8 Å². The molecule has 2 aromatic carbocycles. The summed E-state index contributed by atoms with van der Waals surface area (Å²) in [6, 6.07) is 17.7. The zero-order valence-electron chi connectivity index (χ0n) is 20.5. The second kappa shape index (κ2) is 7.85. The molecule has 4 aromatic rings. The number of hydrogen-bond donors (Lipinski definition) is 4. The highest BCUT2D eigenvalue weighted by Crippen LogP contribution is 2.75. The molecule has 8 nitrogen and oxygen atoms in total. The summed E-state index contributed by atoms with van der Waals surface area (Å²) in [6.07, 6.45) is 2.55. The first-order valence-corrected chi connectivity index (χ1v) is 12.2. The summed E-state index contributed by atoms with van der Waals surface area (Å²) >= 11 is 0. The van der Waals surface area contributed by atoms with E-state index in [0.29, 0.717) is 17.9 Å². The summed E-state index contributed by atoms with van der Waals surface area (Å²) in [5.74, 6) is 0.603. The van der Waals surface area contributed by atoms with Gasteiger partial charge in [0.1, 0.15) is 29.0 Å². The lowest BCUT2D eigenvalue weighted by atomic mass is 10.0.